The van der Waals surface area contributed by atoms with Gasteiger partial charge in [-0.25, -0.2) is 0 Å². The van der Waals surface area contributed by atoms with Gasteiger partial charge in [0, 0.05) is 20.6 Å². The van der Waals surface area contributed by atoms with E-state index in [1.807, 2.05) is 22.8 Å². The van der Waals surface area contributed by atoms with Crippen LogP contribution in [0.2, 0.25) is 0 Å². The Balaban J connectivity index is 2.61. The molecule has 0 saturated carbocycles. The summed E-state index contributed by atoms with van der Waals surface area (Å²) in [4.78, 5) is 15.9. The van der Waals surface area contributed by atoms with Crippen LogP contribution in [0.4, 0.5) is 0 Å². The molecular weight excluding hydrogens is 264 g/mol. The van der Waals surface area contributed by atoms with Gasteiger partial charge in [-0.15, -0.1) is 0 Å². The largest absolute Gasteiger partial charge is 0.497 e. The summed E-state index contributed by atoms with van der Waals surface area (Å²) in [7, 11) is 3.29. The minimum absolute atomic E-state index is 0.204. The SMILES string of the molecule is COCCn1c(=NC(C)=O)sc2cc(OC)ccc21. The maximum Gasteiger partial charge on any atom is 0.245 e. The number of fused-ring (bicyclic) bond motifs is 1. The summed E-state index contributed by atoms with van der Waals surface area (Å²) in [5, 5.41) is 0. The van der Waals surface area contributed by atoms with Crippen LogP contribution in [0.1, 0.15) is 6.92 Å². The van der Waals surface area contributed by atoms with Crippen molar-refractivity contribution in [1.82, 2.24) is 4.57 Å². The smallest absolute Gasteiger partial charge is 0.245 e. The van der Waals surface area contributed by atoms with Crippen LogP contribution in [0.5, 0.6) is 5.75 Å². The molecule has 1 aromatic heterocycles. The Labute approximate surface area is 115 Å². The Bertz CT molecular complexity index is 657. The summed E-state index contributed by atoms with van der Waals surface area (Å²) in [5.74, 6) is 0.590. The molecule has 0 N–H and O–H groups in total. The number of methoxy groups -OCH3 is 2. The van der Waals surface area contributed by atoms with Gasteiger partial charge < -0.3 is 14.0 Å². The van der Waals surface area contributed by atoms with E-state index in [2.05, 4.69) is 4.99 Å². The molecule has 0 bridgehead atoms. The molecule has 19 heavy (non-hydrogen) atoms. The van der Waals surface area contributed by atoms with Crippen LogP contribution in [0.3, 0.4) is 0 Å². The maximum atomic E-state index is 11.2. The summed E-state index contributed by atoms with van der Waals surface area (Å²) >= 11 is 1.47. The Hall–Kier alpha value is -1.66. The van der Waals surface area contributed by atoms with E-state index < -0.39 is 0 Å². The van der Waals surface area contributed by atoms with Gasteiger partial charge in [-0.2, -0.15) is 4.99 Å². The molecule has 2 rings (SSSR count). The predicted octanol–water partition coefficient (Wildman–Crippen LogP) is 1.80. The van der Waals surface area contributed by atoms with Crippen LogP contribution in [-0.4, -0.2) is 31.3 Å². The van der Waals surface area contributed by atoms with Crippen LogP contribution >= 0.6 is 11.3 Å². The van der Waals surface area contributed by atoms with Gasteiger partial charge in [0.15, 0.2) is 4.80 Å². The third-order valence-corrected chi connectivity index (χ3v) is 3.70. The molecule has 1 heterocycles. The van der Waals surface area contributed by atoms with Gasteiger partial charge in [0.05, 0.1) is 23.9 Å². The summed E-state index contributed by atoms with van der Waals surface area (Å²) in [6, 6.07) is 5.82. The fourth-order valence-electron chi connectivity index (χ4n) is 1.80. The summed E-state index contributed by atoms with van der Waals surface area (Å²) < 4.78 is 13.3. The van der Waals surface area contributed by atoms with Crippen molar-refractivity contribution in [2.75, 3.05) is 20.8 Å². The lowest BCUT2D eigenvalue weighted by molar-refractivity contribution is -0.116. The van der Waals surface area contributed by atoms with Crippen LogP contribution in [0.15, 0.2) is 23.2 Å². The number of aromatic nitrogens is 1. The Morgan fingerprint density at radius 3 is 2.84 bits per heavy atom. The highest BCUT2D eigenvalue weighted by molar-refractivity contribution is 7.16. The molecule has 0 unspecified atom stereocenters. The molecule has 0 fully saturated rings. The number of benzene rings is 1. The lowest BCUT2D eigenvalue weighted by atomic mass is 10.3. The molecule has 5 nitrogen and oxygen atoms in total. The lowest BCUT2D eigenvalue weighted by Crippen LogP contribution is -2.18. The Morgan fingerprint density at radius 1 is 1.42 bits per heavy atom. The monoisotopic (exact) mass is 280 g/mol. The first-order valence-electron chi connectivity index (χ1n) is 5.87. The lowest BCUT2D eigenvalue weighted by Gasteiger charge is -2.04. The van der Waals surface area contributed by atoms with E-state index in [9.17, 15) is 4.79 Å². The van der Waals surface area contributed by atoms with E-state index >= 15 is 0 Å². The Kier molecular flexibility index (Phi) is 4.34. The highest BCUT2D eigenvalue weighted by Gasteiger charge is 2.07. The second-order valence-electron chi connectivity index (χ2n) is 3.99. The molecule has 0 spiro atoms. The fourth-order valence-corrected chi connectivity index (χ4v) is 2.93. The molecule has 1 aromatic carbocycles. The van der Waals surface area contributed by atoms with E-state index in [0.29, 0.717) is 18.0 Å². The zero-order valence-corrected chi connectivity index (χ0v) is 12.0. The minimum Gasteiger partial charge on any atom is -0.497 e. The minimum atomic E-state index is -0.204. The third kappa shape index (κ3) is 3.02. The van der Waals surface area contributed by atoms with E-state index in [4.69, 9.17) is 9.47 Å². The molecule has 6 heteroatoms. The summed E-state index contributed by atoms with van der Waals surface area (Å²) in [6.45, 7) is 2.68. The quantitative estimate of drug-likeness (QED) is 0.858. The van der Waals surface area contributed by atoms with Crippen molar-refractivity contribution in [3.8, 4) is 5.75 Å². The van der Waals surface area contributed by atoms with Crippen molar-refractivity contribution in [2.24, 2.45) is 4.99 Å². The molecule has 0 aliphatic heterocycles. The van der Waals surface area contributed by atoms with Gasteiger partial charge in [0.25, 0.3) is 0 Å². The summed E-state index contributed by atoms with van der Waals surface area (Å²) in [6.07, 6.45) is 0. The van der Waals surface area contributed by atoms with Gasteiger partial charge in [-0.3, -0.25) is 4.79 Å². The number of thiazole rings is 1. The molecule has 0 aliphatic carbocycles. The van der Waals surface area contributed by atoms with Gasteiger partial charge in [-0.05, 0) is 18.2 Å². The number of amides is 1. The molecule has 1 amide bonds. The van der Waals surface area contributed by atoms with Gasteiger partial charge >= 0.3 is 0 Å². The number of ether oxygens (including phenoxy) is 2. The van der Waals surface area contributed by atoms with Crippen molar-refractivity contribution >= 4 is 27.5 Å². The molecule has 0 aliphatic rings. The zero-order chi connectivity index (χ0) is 13.8. The number of hydrogen-bond donors (Lipinski definition) is 0. The topological polar surface area (TPSA) is 52.8 Å². The van der Waals surface area contributed by atoms with Crippen LogP contribution in [0.25, 0.3) is 10.2 Å². The van der Waals surface area contributed by atoms with Crippen molar-refractivity contribution in [3.05, 3.63) is 23.0 Å². The average molecular weight is 280 g/mol. The maximum absolute atomic E-state index is 11.2. The number of carbonyl (C=O) groups is 1. The molecule has 2 aromatic rings. The van der Waals surface area contributed by atoms with Crippen molar-refractivity contribution < 1.29 is 14.3 Å². The third-order valence-electron chi connectivity index (χ3n) is 2.66. The summed E-state index contributed by atoms with van der Waals surface area (Å²) in [5.41, 5.74) is 1.03. The number of hydrogen-bond acceptors (Lipinski definition) is 4. The molecule has 102 valence electrons. The molecule has 0 saturated heterocycles. The molecular formula is C13H16N2O3S. The Morgan fingerprint density at radius 2 is 2.21 bits per heavy atom. The van der Waals surface area contributed by atoms with Crippen LogP contribution in [-0.2, 0) is 16.1 Å². The first kappa shape index (κ1) is 13.8. The predicted molar refractivity (Wildman–Crippen MR) is 74.5 cm³/mol. The number of carbonyl (C=O) groups excluding carboxylic acids is 1. The highest BCUT2D eigenvalue weighted by atomic mass is 32.1. The average Bonchev–Trinajstić information content (AvgIpc) is 2.71. The van der Waals surface area contributed by atoms with Crippen molar-refractivity contribution in [2.45, 2.75) is 13.5 Å². The second-order valence-corrected chi connectivity index (χ2v) is 5.00. The van der Waals surface area contributed by atoms with Gasteiger partial charge in [-0.1, -0.05) is 11.3 Å². The van der Waals surface area contributed by atoms with E-state index in [-0.39, 0.29) is 5.91 Å². The first-order valence-corrected chi connectivity index (χ1v) is 6.69. The standard InChI is InChI=1S/C13H16N2O3S/c1-9(16)14-13-15(6-7-17-2)11-5-4-10(18-3)8-12(11)19-13/h4-5,8H,6-7H2,1-3H3. The van der Waals surface area contributed by atoms with Crippen molar-refractivity contribution in [1.29, 1.82) is 0 Å². The molecule has 0 radical (unpaired) electrons. The number of nitrogens with zero attached hydrogens (tertiary/aromatic N) is 2. The van der Waals surface area contributed by atoms with Crippen LogP contribution < -0.4 is 9.54 Å². The first-order chi connectivity index (χ1) is 9.15. The zero-order valence-electron chi connectivity index (χ0n) is 11.2. The highest BCUT2D eigenvalue weighted by Crippen LogP contribution is 2.23. The fraction of sp³-hybridized carbons (Fsp3) is 0.385. The van der Waals surface area contributed by atoms with Gasteiger partial charge in [0.2, 0.25) is 5.91 Å². The van der Waals surface area contributed by atoms with Crippen molar-refractivity contribution in [3.63, 3.8) is 0 Å². The van der Waals surface area contributed by atoms with Crippen LogP contribution in [0, 0.1) is 0 Å². The van der Waals surface area contributed by atoms with E-state index in [1.54, 1.807) is 14.2 Å². The number of rotatable bonds is 4. The van der Waals surface area contributed by atoms with E-state index in [1.165, 1.54) is 18.3 Å². The molecule has 0 atom stereocenters. The van der Waals surface area contributed by atoms with E-state index in [0.717, 1.165) is 16.0 Å². The normalized spacial score (nSPS) is 12.1. The van der Waals surface area contributed by atoms with Gasteiger partial charge in [0.1, 0.15) is 5.75 Å². The second kappa shape index (κ2) is 5.99.